The lowest BCUT2D eigenvalue weighted by atomic mass is 9.87. The van der Waals surface area contributed by atoms with Gasteiger partial charge < -0.3 is 4.74 Å². The average Bonchev–Trinajstić information content (AvgIpc) is 2.38. The topological polar surface area (TPSA) is 67.4 Å². The molecule has 0 saturated heterocycles. The first-order valence-corrected chi connectivity index (χ1v) is 6.63. The van der Waals surface area contributed by atoms with Gasteiger partial charge in [-0.3, -0.25) is 15.0 Å². The van der Waals surface area contributed by atoms with Gasteiger partial charge in [0.2, 0.25) is 0 Å². The molecule has 1 aromatic carbocycles. The summed E-state index contributed by atoms with van der Waals surface area (Å²) in [4.78, 5) is 23.8. The number of nitrogens with one attached hydrogen (secondary N) is 2. The Morgan fingerprint density at radius 3 is 2.30 bits per heavy atom. The van der Waals surface area contributed by atoms with Gasteiger partial charge in [-0.05, 0) is 24.5 Å². The molecule has 1 rings (SSSR count). The molecule has 5 heteroatoms. The Hall–Kier alpha value is -1.88. The van der Waals surface area contributed by atoms with Crippen molar-refractivity contribution in [2.24, 2.45) is 5.41 Å². The van der Waals surface area contributed by atoms with Gasteiger partial charge in [0.1, 0.15) is 6.04 Å². The molecule has 0 saturated carbocycles. The zero-order valence-corrected chi connectivity index (χ0v) is 12.4. The number of hydrogen-bond acceptors (Lipinski definition) is 4. The number of ether oxygens (including phenoxy) is 1. The number of hydrazine groups is 1. The van der Waals surface area contributed by atoms with E-state index < -0.39 is 6.04 Å². The number of benzene rings is 1. The van der Waals surface area contributed by atoms with E-state index in [1.807, 2.05) is 26.8 Å². The Balaban J connectivity index is 2.68. The first kappa shape index (κ1) is 16.2. The maximum absolute atomic E-state index is 11.9. The van der Waals surface area contributed by atoms with Crippen molar-refractivity contribution < 1.29 is 14.3 Å². The van der Waals surface area contributed by atoms with Crippen LogP contribution in [0.2, 0.25) is 0 Å². The van der Waals surface area contributed by atoms with E-state index in [0.29, 0.717) is 12.2 Å². The third kappa shape index (κ3) is 4.66. The summed E-state index contributed by atoms with van der Waals surface area (Å²) in [7, 11) is 0. The Labute approximate surface area is 119 Å². The van der Waals surface area contributed by atoms with Crippen LogP contribution in [0.4, 0.5) is 0 Å². The van der Waals surface area contributed by atoms with Crippen LogP contribution in [0.5, 0.6) is 0 Å². The number of amides is 1. The zero-order valence-electron chi connectivity index (χ0n) is 12.4. The predicted octanol–water partition coefficient (Wildman–Crippen LogP) is 1.90. The molecule has 1 atom stereocenters. The highest BCUT2D eigenvalue weighted by molar-refractivity contribution is 5.94. The lowest BCUT2D eigenvalue weighted by molar-refractivity contribution is -0.148. The molecule has 1 aromatic rings. The van der Waals surface area contributed by atoms with Crippen LogP contribution in [0.25, 0.3) is 0 Å². The predicted molar refractivity (Wildman–Crippen MR) is 76.9 cm³/mol. The fourth-order valence-electron chi connectivity index (χ4n) is 1.65. The lowest BCUT2D eigenvalue weighted by Gasteiger charge is -2.29. The molecule has 0 bridgehead atoms. The summed E-state index contributed by atoms with van der Waals surface area (Å²) >= 11 is 0. The second-order valence-corrected chi connectivity index (χ2v) is 5.52. The van der Waals surface area contributed by atoms with Gasteiger partial charge >= 0.3 is 5.97 Å². The molecule has 0 spiro atoms. The molecule has 0 aliphatic carbocycles. The Morgan fingerprint density at radius 2 is 1.80 bits per heavy atom. The van der Waals surface area contributed by atoms with Crippen molar-refractivity contribution in [2.75, 3.05) is 6.61 Å². The largest absolute Gasteiger partial charge is 0.465 e. The summed E-state index contributed by atoms with van der Waals surface area (Å²) in [6.45, 7) is 7.75. The highest BCUT2D eigenvalue weighted by Crippen LogP contribution is 2.19. The van der Waals surface area contributed by atoms with Crippen LogP contribution in [0.1, 0.15) is 38.1 Å². The van der Waals surface area contributed by atoms with E-state index in [9.17, 15) is 9.59 Å². The van der Waals surface area contributed by atoms with E-state index in [0.717, 1.165) is 0 Å². The maximum Gasteiger partial charge on any atom is 0.325 e. The molecule has 5 nitrogen and oxygen atoms in total. The van der Waals surface area contributed by atoms with Gasteiger partial charge in [0, 0.05) is 5.56 Å². The van der Waals surface area contributed by atoms with E-state index >= 15 is 0 Å². The van der Waals surface area contributed by atoms with E-state index in [1.54, 1.807) is 31.2 Å². The molecule has 0 aliphatic heterocycles. The summed E-state index contributed by atoms with van der Waals surface area (Å²) in [5.74, 6) is -0.669. The van der Waals surface area contributed by atoms with Gasteiger partial charge in [-0.1, -0.05) is 39.0 Å². The fraction of sp³-hybridized carbons (Fsp3) is 0.467. The zero-order chi connectivity index (χ0) is 15.2. The fourth-order valence-corrected chi connectivity index (χ4v) is 1.65. The molecule has 1 amide bonds. The third-order valence-electron chi connectivity index (χ3n) is 2.75. The molecular formula is C15H22N2O3. The highest BCUT2D eigenvalue weighted by Gasteiger charge is 2.32. The molecule has 0 aliphatic rings. The summed E-state index contributed by atoms with van der Waals surface area (Å²) < 4.78 is 5.02. The number of carbonyl (C=O) groups excluding carboxylic acids is 2. The molecule has 0 fully saturated rings. The Morgan fingerprint density at radius 1 is 1.20 bits per heavy atom. The van der Waals surface area contributed by atoms with Gasteiger partial charge in [-0.25, -0.2) is 5.43 Å². The minimum absolute atomic E-state index is 0.288. The van der Waals surface area contributed by atoms with Crippen LogP contribution < -0.4 is 10.9 Å². The monoisotopic (exact) mass is 278 g/mol. The second-order valence-electron chi connectivity index (χ2n) is 5.52. The van der Waals surface area contributed by atoms with Crippen molar-refractivity contribution >= 4 is 11.9 Å². The first-order chi connectivity index (χ1) is 9.36. The smallest absolute Gasteiger partial charge is 0.325 e. The Bertz CT molecular complexity index is 452. The van der Waals surface area contributed by atoms with E-state index in [-0.39, 0.29) is 17.3 Å². The Kier molecular flexibility index (Phi) is 5.70. The van der Waals surface area contributed by atoms with Crippen molar-refractivity contribution in [1.82, 2.24) is 10.9 Å². The number of rotatable bonds is 5. The number of carbonyl (C=O) groups is 2. The normalized spacial score (nSPS) is 12.6. The minimum atomic E-state index is -0.616. The van der Waals surface area contributed by atoms with Crippen LogP contribution in [0, 0.1) is 5.41 Å². The van der Waals surface area contributed by atoms with Crippen molar-refractivity contribution in [3.05, 3.63) is 35.9 Å². The van der Waals surface area contributed by atoms with Crippen molar-refractivity contribution in [3.8, 4) is 0 Å². The molecule has 0 aromatic heterocycles. The summed E-state index contributed by atoms with van der Waals surface area (Å²) in [6.07, 6.45) is 0. The second kappa shape index (κ2) is 7.05. The molecular weight excluding hydrogens is 256 g/mol. The summed E-state index contributed by atoms with van der Waals surface area (Å²) in [6, 6.07) is 8.18. The molecule has 110 valence electrons. The summed E-state index contributed by atoms with van der Waals surface area (Å²) in [5.41, 5.74) is 5.47. The van der Waals surface area contributed by atoms with Gasteiger partial charge in [0.05, 0.1) is 6.61 Å². The highest BCUT2D eigenvalue weighted by atomic mass is 16.5. The first-order valence-electron chi connectivity index (χ1n) is 6.63. The number of hydrogen-bond donors (Lipinski definition) is 2. The molecule has 0 heterocycles. The summed E-state index contributed by atoms with van der Waals surface area (Å²) in [5, 5.41) is 0. The lowest BCUT2D eigenvalue weighted by Crippen LogP contribution is -2.54. The SMILES string of the molecule is CCOC(=O)[C@@H](NNC(=O)c1ccccc1)C(C)(C)C. The van der Waals surface area contributed by atoms with E-state index in [4.69, 9.17) is 4.74 Å². The molecule has 0 unspecified atom stereocenters. The van der Waals surface area contributed by atoms with Gasteiger partial charge in [0.25, 0.3) is 5.91 Å². The standard InChI is InChI=1S/C15H22N2O3/c1-5-20-14(19)12(15(2,3)4)16-17-13(18)11-9-7-6-8-10-11/h6-10,12,16H,5H2,1-4H3,(H,17,18)/t12-/m1/s1. The van der Waals surface area contributed by atoms with Gasteiger partial charge in [-0.2, -0.15) is 0 Å². The van der Waals surface area contributed by atoms with Gasteiger partial charge in [0.15, 0.2) is 0 Å². The van der Waals surface area contributed by atoms with Crippen molar-refractivity contribution in [1.29, 1.82) is 0 Å². The van der Waals surface area contributed by atoms with Crippen LogP contribution in [0.15, 0.2) is 30.3 Å². The third-order valence-corrected chi connectivity index (χ3v) is 2.75. The quantitative estimate of drug-likeness (QED) is 0.637. The minimum Gasteiger partial charge on any atom is -0.465 e. The van der Waals surface area contributed by atoms with Crippen LogP contribution in [-0.2, 0) is 9.53 Å². The van der Waals surface area contributed by atoms with Crippen LogP contribution in [-0.4, -0.2) is 24.5 Å². The average molecular weight is 278 g/mol. The maximum atomic E-state index is 11.9. The van der Waals surface area contributed by atoms with Crippen LogP contribution >= 0.6 is 0 Å². The van der Waals surface area contributed by atoms with Crippen molar-refractivity contribution in [2.45, 2.75) is 33.7 Å². The van der Waals surface area contributed by atoms with Crippen LogP contribution in [0.3, 0.4) is 0 Å². The van der Waals surface area contributed by atoms with E-state index in [2.05, 4.69) is 10.9 Å². The van der Waals surface area contributed by atoms with Crippen molar-refractivity contribution in [3.63, 3.8) is 0 Å². The molecule has 20 heavy (non-hydrogen) atoms. The molecule has 2 N–H and O–H groups in total. The number of esters is 1. The molecule has 0 radical (unpaired) electrons. The van der Waals surface area contributed by atoms with E-state index in [1.165, 1.54) is 0 Å². The van der Waals surface area contributed by atoms with Gasteiger partial charge in [-0.15, -0.1) is 0 Å².